The molecule has 1 aliphatic rings. The van der Waals surface area contributed by atoms with Gasteiger partial charge in [-0.15, -0.1) is 11.3 Å². The number of nitrogen functional groups attached to an aromatic ring is 1. The molecule has 0 atom stereocenters. The van der Waals surface area contributed by atoms with Crippen LogP contribution in [0.5, 0.6) is 0 Å². The standard InChI is InChI=1S/C15H12ClFN4OS/c16-8-5-11-7(3-9(8)17)4-12(19-11)14(22)21-2-1-10-13(6-21)23-15(18)20-10/h3-5,19H,1-2,6H2,(H2,18,20). The summed E-state index contributed by atoms with van der Waals surface area (Å²) in [5.41, 5.74) is 7.75. The zero-order valence-corrected chi connectivity index (χ0v) is 13.5. The zero-order chi connectivity index (χ0) is 16.1. The maximum Gasteiger partial charge on any atom is 0.270 e. The number of fused-ring (bicyclic) bond motifs is 2. The van der Waals surface area contributed by atoms with Crippen LogP contribution in [0.2, 0.25) is 5.02 Å². The lowest BCUT2D eigenvalue weighted by atomic mass is 10.1. The van der Waals surface area contributed by atoms with Gasteiger partial charge in [0.2, 0.25) is 0 Å². The van der Waals surface area contributed by atoms with E-state index < -0.39 is 5.82 Å². The highest BCUT2D eigenvalue weighted by Gasteiger charge is 2.25. The average molecular weight is 351 g/mol. The molecule has 0 radical (unpaired) electrons. The number of nitrogens with one attached hydrogen (secondary N) is 1. The summed E-state index contributed by atoms with van der Waals surface area (Å²) in [4.78, 5) is 22.7. The third-order valence-electron chi connectivity index (χ3n) is 3.93. The molecule has 3 aromatic rings. The van der Waals surface area contributed by atoms with Crippen LogP contribution in [0.25, 0.3) is 10.9 Å². The van der Waals surface area contributed by atoms with Gasteiger partial charge in [0, 0.05) is 28.7 Å². The van der Waals surface area contributed by atoms with Crippen LogP contribution in [0.4, 0.5) is 9.52 Å². The van der Waals surface area contributed by atoms with E-state index in [1.54, 1.807) is 11.0 Å². The molecule has 23 heavy (non-hydrogen) atoms. The van der Waals surface area contributed by atoms with Gasteiger partial charge >= 0.3 is 0 Å². The number of anilines is 1. The molecule has 1 aliphatic heterocycles. The topological polar surface area (TPSA) is 75.0 Å². The Bertz CT molecular complexity index is 896. The number of aromatic nitrogens is 2. The van der Waals surface area contributed by atoms with Crippen LogP contribution in [0.15, 0.2) is 18.2 Å². The molecular weight excluding hydrogens is 339 g/mol. The van der Waals surface area contributed by atoms with E-state index in [1.165, 1.54) is 23.5 Å². The van der Waals surface area contributed by atoms with Crippen molar-refractivity contribution in [3.63, 3.8) is 0 Å². The third kappa shape index (κ3) is 2.46. The summed E-state index contributed by atoms with van der Waals surface area (Å²) in [6, 6.07) is 4.46. The van der Waals surface area contributed by atoms with Gasteiger partial charge < -0.3 is 15.6 Å². The lowest BCUT2D eigenvalue weighted by Gasteiger charge is -2.25. The van der Waals surface area contributed by atoms with Crippen LogP contribution in [0, 0.1) is 5.82 Å². The zero-order valence-electron chi connectivity index (χ0n) is 11.9. The fourth-order valence-corrected chi connectivity index (χ4v) is 3.86. The molecule has 0 saturated carbocycles. The molecule has 5 nitrogen and oxygen atoms in total. The number of hydrogen-bond acceptors (Lipinski definition) is 4. The molecule has 0 spiro atoms. The van der Waals surface area contributed by atoms with Crippen molar-refractivity contribution in [3.8, 4) is 0 Å². The Morgan fingerprint density at radius 2 is 2.26 bits per heavy atom. The maximum atomic E-state index is 13.5. The Labute approximate surface area is 139 Å². The number of benzene rings is 1. The minimum absolute atomic E-state index is 0.0288. The Balaban J connectivity index is 1.64. The number of carbonyl (C=O) groups excluding carboxylic acids is 1. The van der Waals surface area contributed by atoms with Crippen molar-refractivity contribution in [2.24, 2.45) is 0 Å². The van der Waals surface area contributed by atoms with Crippen LogP contribution >= 0.6 is 22.9 Å². The molecule has 0 bridgehead atoms. The number of halogens is 2. The van der Waals surface area contributed by atoms with Crippen LogP contribution in [0.1, 0.15) is 21.1 Å². The second-order valence-corrected chi connectivity index (χ2v) is 6.96. The lowest BCUT2D eigenvalue weighted by Crippen LogP contribution is -2.35. The monoisotopic (exact) mass is 350 g/mol. The molecule has 1 amide bonds. The molecule has 3 heterocycles. The quantitative estimate of drug-likeness (QED) is 0.707. The van der Waals surface area contributed by atoms with Gasteiger partial charge in [-0.05, 0) is 18.2 Å². The molecule has 118 valence electrons. The van der Waals surface area contributed by atoms with Gasteiger partial charge in [0.25, 0.3) is 5.91 Å². The molecule has 0 unspecified atom stereocenters. The highest BCUT2D eigenvalue weighted by atomic mass is 35.5. The number of amides is 1. The van der Waals surface area contributed by atoms with Crippen molar-refractivity contribution in [2.75, 3.05) is 12.3 Å². The SMILES string of the molecule is Nc1nc2c(s1)CN(C(=O)c1cc3cc(F)c(Cl)cc3[nH]1)CC2. The fraction of sp³-hybridized carbons (Fsp3) is 0.200. The van der Waals surface area contributed by atoms with Gasteiger partial charge in [-0.3, -0.25) is 4.79 Å². The summed E-state index contributed by atoms with van der Waals surface area (Å²) >= 11 is 7.19. The summed E-state index contributed by atoms with van der Waals surface area (Å²) in [5, 5.41) is 1.18. The van der Waals surface area contributed by atoms with Crippen LogP contribution in [-0.2, 0) is 13.0 Å². The van der Waals surface area contributed by atoms with Crippen molar-refractivity contribution in [3.05, 3.63) is 45.3 Å². The van der Waals surface area contributed by atoms with E-state index in [1.807, 2.05) is 0 Å². The van der Waals surface area contributed by atoms with Crippen molar-refractivity contribution in [1.82, 2.24) is 14.9 Å². The van der Waals surface area contributed by atoms with Crippen molar-refractivity contribution >= 4 is 44.9 Å². The predicted molar refractivity (Wildman–Crippen MR) is 88.2 cm³/mol. The molecule has 3 N–H and O–H groups in total. The Hall–Kier alpha value is -2.12. The smallest absolute Gasteiger partial charge is 0.270 e. The fourth-order valence-electron chi connectivity index (χ4n) is 2.80. The molecule has 2 aromatic heterocycles. The number of H-pyrrole nitrogens is 1. The second-order valence-electron chi connectivity index (χ2n) is 5.44. The average Bonchev–Trinajstić information content (AvgIpc) is 3.08. The predicted octanol–water partition coefficient (Wildman–Crippen LogP) is 3.20. The first-order chi connectivity index (χ1) is 11.0. The van der Waals surface area contributed by atoms with Gasteiger partial charge in [0.15, 0.2) is 5.13 Å². The van der Waals surface area contributed by atoms with Crippen molar-refractivity contribution < 1.29 is 9.18 Å². The molecular formula is C15H12ClFN4OS. The maximum absolute atomic E-state index is 13.5. The first-order valence-electron chi connectivity index (χ1n) is 7.02. The molecule has 0 saturated heterocycles. The van der Waals surface area contributed by atoms with E-state index >= 15 is 0 Å². The summed E-state index contributed by atoms with van der Waals surface area (Å²) < 4.78 is 13.5. The first-order valence-corrected chi connectivity index (χ1v) is 8.22. The van der Waals surface area contributed by atoms with E-state index in [9.17, 15) is 9.18 Å². The van der Waals surface area contributed by atoms with E-state index in [-0.39, 0.29) is 10.9 Å². The van der Waals surface area contributed by atoms with E-state index in [0.717, 1.165) is 10.6 Å². The van der Waals surface area contributed by atoms with Crippen LogP contribution in [0.3, 0.4) is 0 Å². The summed E-state index contributed by atoms with van der Waals surface area (Å²) in [7, 11) is 0. The summed E-state index contributed by atoms with van der Waals surface area (Å²) in [6.07, 6.45) is 0.690. The first kappa shape index (κ1) is 14.5. The normalized spacial score (nSPS) is 14.3. The molecule has 8 heteroatoms. The minimum atomic E-state index is -0.500. The van der Waals surface area contributed by atoms with E-state index in [2.05, 4.69) is 9.97 Å². The van der Waals surface area contributed by atoms with Gasteiger partial charge in [-0.25, -0.2) is 9.37 Å². The molecule has 1 aromatic carbocycles. The van der Waals surface area contributed by atoms with Crippen LogP contribution in [-0.4, -0.2) is 27.3 Å². The third-order valence-corrected chi connectivity index (χ3v) is 5.13. The number of thiazole rings is 1. The minimum Gasteiger partial charge on any atom is -0.375 e. The van der Waals surface area contributed by atoms with Crippen molar-refractivity contribution in [1.29, 1.82) is 0 Å². The second kappa shape index (κ2) is 5.21. The van der Waals surface area contributed by atoms with E-state index in [4.69, 9.17) is 17.3 Å². The summed E-state index contributed by atoms with van der Waals surface area (Å²) in [6.45, 7) is 1.08. The molecule has 4 rings (SSSR count). The number of nitrogens with zero attached hydrogens (tertiary/aromatic N) is 2. The number of aromatic amines is 1. The summed E-state index contributed by atoms with van der Waals surface area (Å²) in [5.74, 6) is -0.629. The Morgan fingerprint density at radius 3 is 3.09 bits per heavy atom. The van der Waals surface area contributed by atoms with Crippen molar-refractivity contribution in [2.45, 2.75) is 13.0 Å². The van der Waals surface area contributed by atoms with Gasteiger partial charge in [-0.2, -0.15) is 0 Å². The van der Waals surface area contributed by atoms with Crippen LogP contribution < -0.4 is 5.73 Å². The molecule has 0 fully saturated rings. The number of nitrogens with two attached hydrogens (primary N) is 1. The van der Waals surface area contributed by atoms with Gasteiger partial charge in [0.1, 0.15) is 11.5 Å². The number of rotatable bonds is 1. The Kier molecular flexibility index (Phi) is 3.28. The largest absolute Gasteiger partial charge is 0.375 e. The Morgan fingerprint density at radius 1 is 1.43 bits per heavy atom. The highest BCUT2D eigenvalue weighted by Crippen LogP contribution is 2.28. The van der Waals surface area contributed by atoms with Gasteiger partial charge in [-0.1, -0.05) is 11.6 Å². The number of hydrogen-bond donors (Lipinski definition) is 2. The lowest BCUT2D eigenvalue weighted by molar-refractivity contribution is 0.0731. The highest BCUT2D eigenvalue weighted by molar-refractivity contribution is 7.15. The number of carbonyl (C=O) groups is 1. The molecule has 0 aliphatic carbocycles. The van der Waals surface area contributed by atoms with Gasteiger partial charge in [0.05, 0.1) is 17.3 Å². The van der Waals surface area contributed by atoms with E-state index in [0.29, 0.717) is 41.2 Å².